The summed E-state index contributed by atoms with van der Waals surface area (Å²) in [4.78, 5) is 8.51. The van der Waals surface area contributed by atoms with Crippen molar-refractivity contribution in [1.29, 1.82) is 0 Å². The van der Waals surface area contributed by atoms with Crippen LogP contribution in [0.25, 0.3) is 22.2 Å². The Hall–Kier alpha value is -1.81. The van der Waals surface area contributed by atoms with Crippen molar-refractivity contribution in [2.24, 2.45) is 0 Å². The van der Waals surface area contributed by atoms with Crippen LogP contribution in [0.15, 0.2) is 48.5 Å². The number of piperazine rings is 1. The Labute approximate surface area is 154 Å². The zero-order chi connectivity index (χ0) is 17.4. The summed E-state index contributed by atoms with van der Waals surface area (Å²) in [5.74, 6) is 0. The molecule has 0 radical (unpaired) electrons. The molecule has 1 fully saturated rings. The fourth-order valence-corrected chi connectivity index (χ4v) is 4.08. The summed E-state index contributed by atoms with van der Waals surface area (Å²) in [6.07, 6.45) is 1.02. The van der Waals surface area contributed by atoms with Gasteiger partial charge < -0.3 is 14.8 Å². The van der Waals surface area contributed by atoms with Crippen molar-refractivity contribution in [2.45, 2.75) is 12.5 Å². The molecule has 0 amide bonds. The minimum Gasteiger partial charge on any atom is -0.353 e. The number of para-hydroxylation sites is 1. The molecule has 4 rings (SSSR count). The third-order valence-electron chi connectivity index (χ3n) is 5.37. The first-order valence-corrected chi connectivity index (χ1v) is 9.24. The summed E-state index contributed by atoms with van der Waals surface area (Å²) in [6.45, 7) is 3.35. The van der Waals surface area contributed by atoms with Crippen LogP contribution in [0, 0.1) is 0 Å². The van der Waals surface area contributed by atoms with Crippen LogP contribution in [0.3, 0.4) is 0 Å². The molecule has 4 heteroatoms. The van der Waals surface area contributed by atoms with E-state index in [0.29, 0.717) is 6.04 Å². The van der Waals surface area contributed by atoms with Crippen LogP contribution in [0.1, 0.15) is 5.56 Å². The van der Waals surface area contributed by atoms with Crippen LogP contribution >= 0.6 is 11.6 Å². The second-order valence-electron chi connectivity index (χ2n) is 7.11. The summed E-state index contributed by atoms with van der Waals surface area (Å²) in [5, 5.41) is 2.03. The number of H-pyrrole nitrogens is 1. The Balaban J connectivity index is 1.82. The van der Waals surface area contributed by atoms with Gasteiger partial charge in [-0.2, -0.15) is 0 Å². The maximum atomic E-state index is 6.47. The molecule has 130 valence electrons. The van der Waals surface area contributed by atoms with Gasteiger partial charge in [0, 0.05) is 36.8 Å². The van der Waals surface area contributed by atoms with Gasteiger partial charge in [-0.05, 0) is 37.7 Å². The number of halogens is 1. The van der Waals surface area contributed by atoms with E-state index in [0.717, 1.165) is 36.6 Å². The van der Waals surface area contributed by atoms with Gasteiger partial charge in [0.15, 0.2) is 0 Å². The maximum absolute atomic E-state index is 6.47. The van der Waals surface area contributed by atoms with Crippen LogP contribution in [-0.2, 0) is 6.42 Å². The molecule has 1 atom stereocenters. The topological polar surface area (TPSA) is 22.3 Å². The highest BCUT2D eigenvalue weighted by Gasteiger charge is 2.25. The molecule has 0 aliphatic carbocycles. The number of fused-ring (bicyclic) bond motifs is 1. The van der Waals surface area contributed by atoms with Crippen LogP contribution in [0.2, 0.25) is 5.02 Å². The van der Waals surface area contributed by atoms with E-state index < -0.39 is 0 Å². The summed E-state index contributed by atoms with van der Waals surface area (Å²) in [5.41, 5.74) is 4.84. The second-order valence-corrected chi connectivity index (χ2v) is 7.51. The average molecular weight is 354 g/mol. The lowest BCUT2D eigenvalue weighted by molar-refractivity contribution is 0.115. The number of hydrogen-bond donors (Lipinski definition) is 1. The Bertz CT molecular complexity index is 871. The molecule has 0 saturated carbocycles. The first kappa shape index (κ1) is 16.6. The molecule has 1 N–H and O–H groups in total. The van der Waals surface area contributed by atoms with Crippen molar-refractivity contribution in [3.63, 3.8) is 0 Å². The second kappa shape index (κ2) is 6.83. The highest BCUT2D eigenvalue weighted by molar-refractivity contribution is 6.35. The molecule has 25 heavy (non-hydrogen) atoms. The summed E-state index contributed by atoms with van der Waals surface area (Å²) >= 11 is 6.47. The quantitative estimate of drug-likeness (QED) is 0.759. The molecular formula is C21H24ClN3. The van der Waals surface area contributed by atoms with Gasteiger partial charge in [0.2, 0.25) is 0 Å². The van der Waals surface area contributed by atoms with Crippen molar-refractivity contribution < 1.29 is 0 Å². The fourth-order valence-electron chi connectivity index (χ4n) is 3.86. The molecule has 0 bridgehead atoms. The largest absolute Gasteiger partial charge is 0.353 e. The summed E-state index contributed by atoms with van der Waals surface area (Å²) in [7, 11) is 4.45. The van der Waals surface area contributed by atoms with Crippen molar-refractivity contribution in [1.82, 2.24) is 14.8 Å². The highest BCUT2D eigenvalue weighted by atomic mass is 35.5. The molecule has 3 aromatic rings. The van der Waals surface area contributed by atoms with Gasteiger partial charge in [-0.15, -0.1) is 0 Å². The molecule has 1 aliphatic heterocycles. The Morgan fingerprint density at radius 1 is 1.04 bits per heavy atom. The molecular weight excluding hydrogens is 330 g/mol. The number of nitrogens with zero attached hydrogens (tertiary/aromatic N) is 2. The maximum Gasteiger partial charge on any atom is 0.0651 e. The van der Waals surface area contributed by atoms with Gasteiger partial charge >= 0.3 is 0 Å². The predicted octanol–water partition coefficient (Wildman–Crippen LogP) is 4.28. The lowest BCUT2D eigenvalue weighted by atomic mass is 9.97. The average Bonchev–Trinajstić information content (AvgIpc) is 2.99. The normalized spacial score (nSPS) is 19.6. The van der Waals surface area contributed by atoms with Crippen LogP contribution in [0.5, 0.6) is 0 Å². The van der Waals surface area contributed by atoms with E-state index in [1.54, 1.807) is 0 Å². The van der Waals surface area contributed by atoms with Crippen LogP contribution in [-0.4, -0.2) is 54.6 Å². The lowest BCUT2D eigenvalue weighted by Crippen LogP contribution is -2.50. The Morgan fingerprint density at radius 3 is 2.64 bits per heavy atom. The van der Waals surface area contributed by atoms with E-state index in [1.165, 1.54) is 22.2 Å². The number of aromatic nitrogens is 1. The predicted molar refractivity (Wildman–Crippen MR) is 106 cm³/mol. The molecule has 2 heterocycles. The fraction of sp³-hybridized carbons (Fsp3) is 0.333. The van der Waals surface area contributed by atoms with Gasteiger partial charge in [0.05, 0.1) is 10.5 Å². The van der Waals surface area contributed by atoms with Gasteiger partial charge in [-0.25, -0.2) is 0 Å². The smallest absolute Gasteiger partial charge is 0.0651 e. The number of hydrogen-bond acceptors (Lipinski definition) is 2. The van der Waals surface area contributed by atoms with Crippen molar-refractivity contribution in [3.05, 3.63) is 59.1 Å². The lowest BCUT2D eigenvalue weighted by Gasteiger charge is -2.38. The molecule has 3 nitrogen and oxygen atoms in total. The van der Waals surface area contributed by atoms with Gasteiger partial charge in [-0.3, -0.25) is 0 Å². The van der Waals surface area contributed by atoms with Gasteiger partial charge in [0.1, 0.15) is 0 Å². The number of rotatable bonds is 3. The molecule has 2 aromatic carbocycles. The van der Waals surface area contributed by atoms with E-state index in [2.05, 4.69) is 65.3 Å². The van der Waals surface area contributed by atoms with Crippen molar-refractivity contribution >= 4 is 22.5 Å². The van der Waals surface area contributed by atoms with Crippen LogP contribution in [0.4, 0.5) is 0 Å². The first-order valence-electron chi connectivity index (χ1n) is 8.87. The van der Waals surface area contributed by atoms with E-state index >= 15 is 0 Å². The van der Waals surface area contributed by atoms with Crippen molar-refractivity contribution in [2.75, 3.05) is 33.7 Å². The number of benzene rings is 2. The summed E-state index contributed by atoms with van der Waals surface area (Å²) in [6, 6.07) is 17.3. The number of aromatic amines is 1. The van der Waals surface area contributed by atoms with Gasteiger partial charge in [0.25, 0.3) is 0 Å². The minimum absolute atomic E-state index is 0.513. The highest BCUT2D eigenvalue weighted by Crippen LogP contribution is 2.35. The Morgan fingerprint density at radius 2 is 1.84 bits per heavy atom. The Kier molecular flexibility index (Phi) is 4.55. The number of nitrogens with one attached hydrogen (secondary N) is 1. The SMILES string of the molecule is CN1CCN(C)[C@@H](Cc2c(-c3ccccc3)[nH]c3c(Cl)cccc23)C1. The molecule has 0 spiro atoms. The number of likely N-dealkylation sites (N-methyl/N-ethyl adjacent to an activating group) is 2. The van der Waals surface area contributed by atoms with E-state index in [-0.39, 0.29) is 0 Å². The zero-order valence-electron chi connectivity index (χ0n) is 14.8. The molecule has 1 aliphatic rings. The minimum atomic E-state index is 0.513. The van der Waals surface area contributed by atoms with E-state index in [1.807, 2.05) is 12.1 Å². The third-order valence-corrected chi connectivity index (χ3v) is 5.69. The van der Waals surface area contributed by atoms with Crippen molar-refractivity contribution in [3.8, 4) is 11.3 Å². The van der Waals surface area contributed by atoms with Crippen LogP contribution < -0.4 is 0 Å². The third kappa shape index (κ3) is 3.20. The zero-order valence-corrected chi connectivity index (χ0v) is 15.6. The van der Waals surface area contributed by atoms with E-state index in [9.17, 15) is 0 Å². The summed E-state index contributed by atoms with van der Waals surface area (Å²) < 4.78 is 0. The molecule has 0 unspecified atom stereocenters. The van der Waals surface area contributed by atoms with Gasteiger partial charge in [-0.1, -0.05) is 54.1 Å². The first-order chi connectivity index (χ1) is 12.1. The monoisotopic (exact) mass is 353 g/mol. The van der Waals surface area contributed by atoms with E-state index in [4.69, 9.17) is 11.6 Å². The standard InChI is InChI=1S/C21H24ClN3/c1-24-11-12-25(2)16(14-24)13-18-17-9-6-10-19(22)21(17)23-20(18)15-7-4-3-5-8-15/h3-10,16,23H,11-14H2,1-2H3/t16-/m0/s1. The molecule has 1 aromatic heterocycles. The molecule has 1 saturated heterocycles.